The van der Waals surface area contributed by atoms with Gasteiger partial charge in [-0.3, -0.25) is 0 Å². The average molecular weight is 388 g/mol. The number of amides is 2. The molecule has 1 N–H and O–H groups in total. The van der Waals surface area contributed by atoms with Gasteiger partial charge in [0.25, 0.3) is 0 Å². The largest absolute Gasteiger partial charge is 0.462 e. The lowest BCUT2D eigenvalue weighted by Gasteiger charge is -2.36. The zero-order valence-corrected chi connectivity index (χ0v) is 15.9. The molecule has 142 valence electrons. The SMILES string of the molecule is CCOC(=O)c1ccccc1N1CCN(C(=O)Nc2ccccc2Cl)CC1. The van der Waals surface area contributed by atoms with Gasteiger partial charge in [0, 0.05) is 26.2 Å². The van der Waals surface area contributed by atoms with Crippen LogP contribution in [0.5, 0.6) is 0 Å². The summed E-state index contributed by atoms with van der Waals surface area (Å²) in [6, 6.07) is 14.4. The van der Waals surface area contributed by atoms with E-state index >= 15 is 0 Å². The summed E-state index contributed by atoms with van der Waals surface area (Å²) in [6.07, 6.45) is 0. The van der Waals surface area contributed by atoms with Crippen LogP contribution in [0.1, 0.15) is 17.3 Å². The highest BCUT2D eigenvalue weighted by molar-refractivity contribution is 6.33. The van der Waals surface area contributed by atoms with Gasteiger partial charge in [0.1, 0.15) is 0 Å². The maximum Gasteiger partial charge on any atom is 0.340 e. The molecule has 0 aromatic heterocycles. The van der Waals surface area contributed by atoms with E-state index in [4.69, 9.17) is 16.3 Å². The number of anilines is 2. The van der Waals surface area contributed by atoms with E-state index in [0.29, 0.717) is 49.1 Å². The minimum Gasteiger partial charge on any atom is -0.462 e. The Morgan fingerprint density at radius 2 is 1.70 bits per heavy atom. The molecule has 7 heteroatoms. The number of halogens is 1. The van der Waals surface area contributed by atoms with Gasteiger partial charge >= 0.3 is 12.0 Å². The number of urea groups is 1. The quantitative estimate of drug-likeness (QED) is 0.809. The van der Waals surface area contributed by atoms with Crippen LogP contribution in [-0.2, 0) is 4.74 Å². The highest BCUT2D eigenvalue weighted by Gasteiger charge is 2.24. The summed E-state index contributed by atoms with van der Waals surface area (Å²) in [5, 5.41) is 3.35. The van der Waals surface area contributed by atoms with Crippen LogP contribution in [-0.4, -0.2) is 49.7 Å². The smallest absolute Gasteiger partial charge is 0.340 e. The lowest BCUT2D eigenvalue weighted by molar-refractivity contribution is 0.0527. The predicted octanol–water partition coefficient (Wildman–Crippen LogP) is 3.87. The molecule has 27 heavy (non-hydrogen) atoms. The van der Waals surface area contributed by atoms with E-state index in [1.165, 1.54) is 0 Å². The molecule has 1 saturated heterocycles. The maximum atomic E-state index is 12.5. The zero-order valence-electron chi connectivity index (χ0n) is 15.2. The first-order chi connectivity index (χ1) is 13.1. The molecule has 1 heterocycles. The number of benzene rings is 2. The number of hydrogen-bond donors (Lipinski definition) is 1. The van der Waals surface area contributed by atoms with Gasteiger partial charge in [-0.15, -0.1) is 0 Å². The van der Waals surface area contributed by atoms with Crippen molar-refractivity contribution in [1.29, 1.82) is 0 Å². The number of hydrogen-bond acceptors (Lipinski definition) is 4. The van der Waals surface area contributed by atoms with E-state index in [0.717, 1.165) is 5.69 Å². The van der Waals surface area contributed by atoms with Crippen molar-refractivity contribution < 1.29 is 14.3 Å². The van der Waals surface area contributed by atoms with Gasteiger partial charge in [0.05, 0.1) is 28.6 Å². The molecule has 1 aliphatic rings. The van der Waals surface area contributed by atoms with Crippen molar-refractivity contribution in [2.45, 2.75) is 6.92 Å². The third-order valence-corrected chi connectivity index (χ3v) is 4.75. The Morgan fingerprint density at radius 1 is 1.04 bits per heavy atom. The van der Waals surface area contributed by atoms with E-state index in [-0.39, 0.29) is 12.0 Å². The van der Waals surface area contributed by atoms with Crippen LogP contribution in [0.25, 0.3) is 0 Å². The third kappa shape index (κ3) is 4.52. The fourth-order valence-electron chi connectivity index (χ4n) is 3.04. The predicted molar refractivity (Wildman–Crippen MR) is 107 cm³/mol. The van der Waals surface area contributed by atoms with E-state index in [1.807, 2.05) is 30.3 Å². The molecule has 0 radical (unpaired) electrons. The van der Waals surface area contributed by atoms with Crippen molar-refractivity contribution in [3.63, 3.8) is 0 Å². The lowest BCUT2D eigenvalue weighted by atomic mass is 10.1. The second kappa shape index (κ2) is 8.77. The van der Waals surface area contributed by atoms with E-state index in [2.05, 4.69) is 10.2 Å². The number of nitrogens with zero attached hydrogens (tertiary/aromatic N) is 2. The molecule has 1 aliphatic heterocycles. The third-order valence-electron chi connectivity index (χ3n) is 4.42. The Hall–Kier alpha value is -2.73. The number of ether oxygens (including phenoxy) is 1. The number of rotatable bonds is 4. The van der Waals surface area contributed by atoms with Crippen molar-refractivity contribution in [1.82, 2.24) is 4.90 Å². The molecule has 0 atom stereocenters. The maximum absolute atomic E-state index is 12.5. The number of carbonyl (C=O) groups excluding carboxylic acids is 2. The molecule has 0 saturated carbocycles. The van der Waals surface area contributed by atoms with Crippen LogP contribution < -0.4 is 10.2 Å². The first-order valence-corrected chi connectivity index (χ1v) is 9.29. The van der Waals surface area contributed by atoms with Gasteiger partial charge in [-0.2, -0.15) is 0 Å². The fourth-order valence-corrected chi connectivity index (χ4v) is 3.22. The van der Waals surface area contributed by atoms with E-state index in [9.17, 15) is 9.59 Å². The van der Waals surface area contributed by atoms with Gasteiger partial charge in [0.2, 0.25) is 0 Å². The molecule has 1 fully saturated rings. The van der Waals surface area contributed by atoms with Gasteiger partial charge < -0.3 is 19.9 Å². The molecule has 2 aromatic carbocycles. The standard InChI is InChI=1S/C20H22ClN3O3/c1-2-27-19(25)15-7-3-6-10-18(15)23-11-13-24(14-12-23)20(26)22-17-9-5-4-8-16(17)21/h3-10H,2,11-14H2,1H3,(H,22,26). The van der Waals surface area contributed by atoms with Gasteiger partial charge in [-0.1, -0.05) is 35.9 Å². The number of esters is 1. The first kappa shape index (κ1) is 19.0. The van der Waals surface area contributed by atoms with Crippen molar-refractivity contribution in [2.24, 2.45) is 0 Å². The minimum atomic E-state index is -0.327. The highest BCUT2D eigenvalue weighted by Crippen LogP contribution is 2.24. The molecular formula is C20H22ClN3O3. The number of carbonyl (C=O) groups is 2. The topological polar surface area (TPSA) is 61.9 Å². The Kier molecular flexibility index (Phi) is 6.19. The molecule has 3 rings (SSSR count). The van der Waals surface area contributed by atoms with Gasteiger partial charge in [-0.05, 0) is 31.2 Å². The molecule has 2 amide bonds. The minimum absolute atomic E-state index is 0.179. The van der Waals surface area contributed by atoms with Crippen LogP contribution in [0, 0.1) is 0 Å². The second-order valence-electron chi connectivity index (χ2n) is 6.12. The molecule has 6 nitrogen and oxygen atoms in total. The lowest BCUT2D eigenvalue weighted by Crippen LogP contribution is -2.50. The molecule has 0 spiro atoms. The summed E-state index contributed by atoms with van der Waals surface area (Å²) in [5.41, 5.74) is 1.98. The summed E-state index contributed by atoms with van der Waals surface area (Å²) < 4.78 is 5.14. The van der Waals surface area contributed by atoms with Crippen molar-refractivity contribution >= 4 is 35.0 Å². The molecular weight excluding hydrogens is 366 g/mol. The molecule has 0 bridgehead atoms. The van der Waals surface area contributed by atoms with Crippen molar-refractivity contribution in [3.8, 4) is 0 Å². The van der Waals surface area contributed by atoms with Gasteiger partial charge in [-0.25, -0.2) is 9.59 Å². The number of piperazine rings is 1. The Morgan fingerprint density at radius 3 is 2.41 bits per heavy atom. The summed E-state index contributed by atoms with van der Waals surface area (Å²) in [4.78, 5) is 28.5. The summed E-state index contributed by atoms with van der Waals surface area (Å²) >= 11 is 6.10. The Labute approximate surface area is 163 Å². The summed E-state index contributed by atoms with van der Waals surface area (Å²) in [5.74, 6) is -0.327. The number of para-hydroxylation sites is 2. The van der Waals surface area contributed by atoms with Crippen molar-refractivity contribution in [3.05, 3.63) is 59.1 Å². The van der Waals surface area contributed by atoms with Crippen LogP contribution in [0.3, 0.4) is 0 Å². The average Bonchev–Trinajstić information content (AvgIpc) is 2.70. The van der Waals surface area contributed by atoms with E-state index < -0.39 is 0 Å². The Balaban J connectivity index is 1.63. The van der Waals surface area contributed by atoms with Crippen LogP contribution in [0.2, 0.25) is 5.02 Å². The van der Waals surface area contributed by atoms with Crippen LogP contribution in [0.4, 0.5) is 16.2 Å². The summed E-state index contributed by atoms with van der Waals surface area (Å²) in [6.45, 7) is 4.49. The molecule has 0 unspecified atom stereocenters. The van der Waals surface area contributed by atoms with Crippen LogP contribution in [0.15, 0.2) is 48.5 Å². The zero-order chi connectivity index (χ0) is 19.2. The number of nitrogens with one attached hydrogen (secondary N) is 1. The van der Waals surface area contributed by atoms with Crippen LogP contribution >= 0.6 is 11.6 Å². The highest BCUT2D eigenvalue weighted by atomic mass is 35.5. The second-order valence-corrected chi connectivity index (χ2v) is 6.53. The Bertz CT molecular complexity index is 820. The van der Waals surface area contributed by atoms with E-state index in [1.54, 1.807) is 30.0 Å². The molecule has 2 aromatic rings. The normalized spacial score (nSPS) is 14.0. The monoisotopic (exact) mass is 387 g/mol. The molecule has 0 aliphatic carbocycles. The fraction of sp³-hybridized carbons (Fsp3) is 0.300. The van der Waals surface area contributed by atoms with Gasteiger partial charge in [0.15, 0.2) is 0 Å². The first-order valence-electron chi connectivity index (χ1n) is 8.91. The van der Waals surface area contributed by atoms with Crippen molar-refractivity contribution in [2.75, 3.05) is 43.0 Å². The summed E-state index contributed by atoms with van der Waals surface area (Å²) in [7, 11) is 0.